The molecule has 7 rings (SSSR count). The minimum absolute atomic E-state index is 0.0515. The molecule has 0 saturated heterocycles. The zero-order valence-corrected chi connectivity index (χ0v) is 27.4. The first-order valence-electron chi connectivity index (χ1n) is 16.0. The molecule has 2 aliphatic carbocycles. The maximum Gasteiger partial charge on any atom is 0.341 e. The van der Waals surface area contributed by atoms with Crippen LogP contribution in [0.2, 0.25) is 0 Å². The fourth-order valence-corrected chi connectivity index (χ4v) is 7.97. The average molecular weight is 629 g/mol. The minimum atomic E-state index is -0.816. The number of ether oxygens (including phenoxy) is 3. The summed E-state index contributed by atoms with van der Waals surface area (Å²) in [7, 11) is 3.53. The van der Waals surface area contributed by atoms with Crippen LogP contribution in [0, 0.1) is 24.7 Å². The summed E-state index contributed by atoms with van der Waals surface area (Å²) in [6.45, 7) is 6.94. The Balaban J connectivity index is 1.25. The van der Waals surface area contributed by atoms with Crippen molar-refractivity contribution >= 4 is 40.0 Å². The lowest BCUT2D eigenvalue weighted by atomic mass is 9.94. The zero-order valence-electron chi connectivity index (χ0n) is 26.5. The van der Waals surface area contributed by atoms with Gasteiger partial charge in [-0.1, -0.05) is 26.0 Å². The maximum absolute atomic E-state index is 13.9. The number of carbonyl (C=O) groups is 2. The fraction of sp³-hybridized carbons (Fsp3) is 0.514. The molecule has 1 aromatic carbocycles. The Kier molecular flexibility index (Phi) is 7.66. The number of methoxy groups -OCH3 is 1. The summed E-state index contributed by atoms with van der Waals surface area (Å²) in [5, 5.41) is 3.78. The standard InChI is InChI=1S/C35H40N4O5S/c1-19(2)27-18-45-32(37-27)26-16-29(23-11-12-28(42-5)20(3)30(23)36-26)43-22-14-24-25(15-22)33(40)39(4)13-9-7-6-8-10-21-17-35(21)34(41)44-31(24)38-35/h8,10-12,16,18-19,21-22,24-25H,6-7,9,13-15,17H2,1-5H3/b10-8-/t21-,22+,24?,25+,35+/m0/s1. The van der Waals surface area contributed by atoms with E-state index in [-0.39, 0.29) is 35.7 Å². The van der Waals surface area contributed by atoms with E-state index in [0.717, 1.165) is 57.9 Å². The highest BCUT2D eigenvalue weighted by Crippen LogP contribution is 2.53. The second-order valence-corrected chi connectivity index (χ2v) is 14.1. The van der Waals surface area contributed by atoms with Gasteiger partial charge in [0.25, 0.3) is 0 Å². The van der Waals surface area contributed by atoms with Crippen LogP contribution in [0.25, 0.3) is 21.6 Å². The number of aryl methyl sites for hydroxylation is 1. The molecule has 0 N–H and O–H groups in total. The van der Waals surface area contributed by atoms with Crippen LogP contribution in [-0.4, -0.2) is 65.0 Å². The van der Waals surface area contributed by atoms with Gasteiger partial charge in [0.15, 0.2) is 11.4 Å². The third-order valence-corrected chi connectivity index (χ3v) is 10.7. The van der Waals surface area contributed by atoms with Gasteiger partial charge in [-0.05, 0) is 63.5 Å². The Labute approximate surface area is 267 Å². The molecule has 0 radical (unpaired) electrons. The van der Waals surface area contributed by atoms with Gasteiger partial charge in [0, 0.05) is 41.9 Å². The van der Waals surface area contributed by atoms with Crippen LogP contribution in [0.3, 0.4) is 0 Å². The third-order valence-electron chi connectivity index (χ3n) is 9.85. The number of benzene rings is 1. The van der Waals surface area contributed by atoms with Crippen LogP contribution in [0.5, 0.6) is 11.5 Å². The molecule has 4 aliphatic rings. The minimum Gasteiger partial charge on any atom is -0.496 e. The fourth-order valence-electron chi connectivity index (χ4n) is 7.03. The molecule has 3 aromatic rings. The summed E-state index contributed by atoms with van der Waals surface area (Å²) in [5.74, 6) is 1.26. The van der Waals surface area contributed by atoms with Crippen molar-refractivity contribution < 1.29 is 23.8 Å². The SMILES string of the molecule is COc1ccc2c(O[C@@H]3CC4C5=N[C@@]6(C[C@@H]6/C=C\CCCCN(C)C(=O)[C@@H]4C3)C(=O)O5)cc(-c3nc(C(C)C)cs3)nc2c1C. The van der Waals surface area contributed by atoms with Crippen molar-refractivity contribution in [3.63, 3.8) is 0 Å². The molecule has 1 amide bonds. The van der Waals surface area contributed by atoms with Crippen molar-refractivity contribution in [1.29, 1.82) is 0 Å². The Morgan fingerprint density at radius 2 is 1.93 bits per heavy atom. The topological polar surface area (TPSA) is 103 Å². The van der Waals surface area contributed by atoms with Crippen molar-refractivity contribution in [2.45, 2.75) is 76.9 Å². The zero-order chi connectivity index (χ0) is 31.5. The van der Waals surface area contributed by atoms with Gasteiger partial charge in [0.2, 0.25) is 5.91 Å². The number of carbonyl (C=O) groups excluding carboxylic acids is 2. The smallest absolute Gasteiger partial charge is 0.341 e. The van der Waals surface area contributed by atoms with Crippen LogP contribution < -0.4 is 9.47 Å². The highest BCUT2D eigenvalue weighted by Gasteiger charge is 2.65. The monoisotopic (exact) mass is 628 g/mol. The largest absolute Gasteiger partial charge is 0.496 e. The summed E-state index contributed by atoms with van der Waals surface area (Å²) in [4.78, 5) is 43.6. The van der Waals surface area contributed by atoms with Crippen LogP contribution >= 0.6 is 11.3 Å². The number of amides is 1. The molecule has 1 unspecified atom stereocenters. The number of aliphatic imine (C=N–C) groups is 1. The Morgan fingerprint density at radius 1 is 1.11 bits per heavy atom. The molecule has 2 bridgehead atoms. The van der Waals surface area contributed by atoms with Crippen molar-refractivity contribution in [3.05, 3.63) is 47.0 Å². The maximum atomic E-state index is 13.9. The molecule has 9 nitrogen and oxygen atoms in total. The first-order chi connectivity index (χ1) is 21.7. The molecular weight excluding hydrogens is 588 g/mol. The van der Waals surface area contributed by atoms with Gasteiger partial charge >= 0.3 is 5.97 Å². The number of allylic oxidation sites excluding steroid dienone is 1. The summed E-state index contributed by atoms with van der Waals surface area (Å²) in [6, 6.07) is 5.88. The first-order valence-corrected chi connectivity index (χ1v) is 16.9. The lowest BCUT2D eigenvalue weighted by Crippen LogP contribution is -2.37. The predicted molar refractivity (Wildman–Crippen MR) is 174 cm³/mol. The predicted octanol–water partition coefficient (Wildman–Crippen LogP) is 6.48. The van der Waals surface area contributed by atoms with E-state index >= 15 is 0 Å². The van der Waals surface area contributed by atoms with Crippen molar-refractivity contribution in [2.24, 2.45) is 22.7 Å². The number of hydrogen-bond donors (Lipinski definition) is 0. The molecule has 1 spiro atoms. The van der Waals surface area contributed by atoms with E-state index in [2.05, 4.69) is 31.4 Å². The molecule has 4 heterocycles. The Morgan fingerprint density at radius 3 is 2.71 bits per heavy atom. The molecule has 2 saturated carbocycles. The van der Waals surface area contributed by atoms with Gasteiger partial charge in [-0.15, -0.1) is 11.3 Å². The summed E-state index contributed by atoms with van der Waals surface area (Å²) in [6.07, 6.45) is 8.53. The van der Waals surface area contributed by atoms with Gasteiger partial charge in [-0.2, -0.15) is 0 Å². The quantitative estimate of drug-likeness (QED) is 0.235. The molecule has 45 heavy (non-hydrogen) atoms. The third kappa shape index (κ3) is 5.30. The van der Waals surface area contributed by atoms with E-state index in [1.54, 1.807) is 18.4 Å². The van der Waals surface area contributed by atoms with Crippen molar-refractivity contribution in [2.75, 3.05) is 20.7 Å². The number of rotatable bonds is 5. The number of fused-ring (bicyclic) bond motifs is 3. The second-order valence-electron chi connectivity index (χ2n) is 13.2. The first kappa shape index (κ1) is 29.9. The van der Waals surface area contributed by atoms with E-state index in [9.17, 15) is 9.59 Å². The molecule has 2 aromatic heterocycles. The Bertz CT molecular complexity index is 1730. The van der Waals surface area contributed by atoms with Gasteiger partial charge < -0.3 is 19.1 Å². The molecule has 10 heteroatoms. The highest BCUT2D eigenvalue weighted by molar-refractivity contribution is 7.13. The average Bonchev–Trinajstić information content (AvgIpc) is 3.35. The van der Waals surface area contributed by atoms with Crippen LogP contribution in [0.4, 0.5) is 0 Å². The van der Waals surface area contributed by atoms with Crippen molar-refractivity contribution in [1.82, 2.24) is 14.9 Å². The van der Waals surface area contributed by atoms with Gasteiger partial charge in [0.1, 0.15) is 28.3 Å². The normalized spacial score (nSPS) is 28.8. The molecule has 5 atom stereocenters. The molecule has 236 valence electrons. The van der Waals surface area contributed by atoms with Gasteiger partial charge in [-0.25, -0.2) is 19.8 Å². The summed E-state index contributed by atoms with van der Waals surface area (Å²) in [5.41, 5.74) is 2.66. The molecule has 2 aliphatic heterocycles. The van der Waals surface area contributed by atoms with Crippen LogP contribution in [0.15, 0.2) is 40.7 Å². The van der Waals surface area contributed by atoms with E-state index < -0.39 is 5.54 Å². The van der Waals surface area contributed by atoms with Crippen molar-refractivity contribution in [3.8, 4) is 22.2 Å². The number of nitrogens with zero attached hydrogens (tertiary/aromatic N) is 4. The Hall–Kier alpha value is -3.79. The van der Waals surface area contributed by atoms with E-state index in [1.807, 2.05) is 37.1 Å². The number of thiazole rings is 1. The van der Waals surface area contributed by atoms with E-state index in [1.165, 1.54) is 0 Å². The van der Waals surface area contributed by atoms with Gasteiger partial charge in [0.05, 0.1) is 30.2 Å². The van der Waals surface area contributed by atoms with E-state index in [0.29, 0.717) is 43.4 Å². The van der Waals surface area contributed by atoms with Crippen LogP contribution in [-0.2, 0) is 14.3 Å². The number of esters is 1. The lowest BCUT2D eigenvalue weighted by Gasteiger charge is -2.24. The number of hydrogen-bond acceptors (Lipinski definition) is 9. The summed E-state index contributed by atoms with van der Waals surface area (Å²) < 4.78 is 18.3. The second kappa shape index (κ2) is 11.5. The number of pyridine rings is 1. The highest BCUT2D eigenvalue weighted by atomic mass is 32.1. The summed E-state index contributed by atoms with van der Waals surface area (Å²) >= 11 is 1.57. The van der Waals surface area contributed by atoms with E-state index in [4.69, 9.17) is 29.2 Å². The molecule has 2 fully saturated rings. The number of aromatic nitrogens is 2. The lowest BCUT2D eigenvalue weighted by molar-refractivity contribution is -0.138. The molecular formula is C35H40N4O5S. The van der Waals surface area contributed by atoms with Gasteiger partial charge in [-0.3, -0.25) is 4.79 Å². The van der Waals surface area contributed by atoms with Crippen LogP contribution in [0.1, 0.15) is 69.5 Å².